The highest BCUT2D eigenvalue weighted by Crippen LogP contribution is 2.37. The Labute approximate surface area is 202 Å². The molecular weight excluding hydrogens is 462 g/mol. The van der Waals surface area contributed by atoms with Gasteiger partial charge in [0.05, 0.1) is 25.3 Å². The largest absolute Gasteiger partial charge is 0.495 e. The number of carbonyl (C=O) groups is 1. The van der Waals surface area contributed by atoms with Crippen LogP contribution in [0.3, 0.4) is 0 Å². The van der Waals surface area contributed by atoms with E-state index in [0.717, 1.165) is 24.6 Å². The van der Waals surface area contributed by atoms with E-state index in [-0.39, 0.29) is 5.91 Å². The monoisotopic (exact) mass is 487 g/mol. The molecule has 4 rings (SSSR count). The zero-order chi connectivity index (χ0) is 23.2. The molecule has 10 heteroatoms. The predicted octanol–water partition coefficient (Wildman–Crippen LogP) is 4.27. The van der Waals surface area contributed by atoms with Crippen LogP contribution in [-0.4, -0.2) is 54.1 Å². The third-order valence-corrected chi connectivity index (χ3v) is 6.82. The number of benzene rings is 2. The lowest BCUT2D eigenvalue weighted by atomic mass is 10.1. The highest BCUT2D eigenvalue weighted by molar-refractivity contribution is 8.00. The molecule has 0 bridgehead atoms. The van der Waals surface area contributed by atoms with Crippen LogP contribution in [-0.2, 0) is 16.1 Å². The summed E-state index contributed by atoms with van der Waals surface area (Å²) in [5, 5.41) is 12.4. The van der Waals surface area contributed by atoms with Gasteiger partial charge in [-0.1, -0.05) is 53.7 Å². The minimum atomic E-state index is -0.529. The maximum atomic E-state index is 13.4. The van der Waals surface area contributed by atoms with Crippen molar-refractivity contribution in [2.24, 2.45) is 0 Å². The summed E-state index contributed by atoms with van der Waals surface area (Å²) in [6.07, 6.45) is 0. The topological polar surface area (TPSA) is 81.5 Å². The Hall–Kier alpha value is -2.75. The molecule has 2 heterocycles. The van der Waals surface area contributed by atoms with E-state index in [9.17, 15) is 4.79 Å². The standard InChI is InChI=1S/C23H26ClN5O3S/c1-3-29-22(28-11-13-32-14-12-28)26-27-23(29)33-20(16-7-5-4-6-8-16)21(30)25-17-9-10-19(31-2)18(24)15-17/h4-10,15,20H,3,11-14H2,1-2H3,(H,25,30)/t20-/m1/s1. The van der Waals surface area contributed by atoms with Crippen LogP contribution in [0, 0.1) is 0 Å². The minimum absolute atomic E-state index is 0.175. The van der Waals surface area contributed by atoms with Crippen molar-refractivity contribution in [3.63, 3.8) is 0 Å². The van der Waals surface area contributed by atoms with Crippen LogP contribution >= 0.6 is 23.4 Å². The second-order valence-corrected chi connectivity index (χ2v) is 8.85. The van der Waals surface area contributed by atoms with Crippen molar-refractivity contribution < 1.29 is 14.3 Å². The van der Waals surface area contributed by atoms with Crippen LogP contribution in [0.5, 0.6) is 5.75 Å². The fourth-order valence-electron chi connectivity index (χ4n) is 3.60. The van der Waals surface area contributed by atoms with Gasteiger partial charge in [0.25, 0.3) is 0 Å². The van der Waals surface area contributed by atoms with Crippen LogP contribution in [0.4, 0.5) is 11.6 Å². The molecular formula is C23H26ClN5O3S. The number of nitrogens with zero attached hydrogens (tertiary/aromatic N) is 4. The van der Waals surface area contributed by atoms with Crippen molar-refractivity contribution in [1.29, 1.82) is 0 Å². The first-order chi connectivity index (χ1) is 16.1. The number of anilines is 2. The van der Waals surface area contributed by atoms with Gasteiger partial charge in [0.15, 0.2) is 5.16 Å². The Morgan fingerprint density at radius 3 is 2.64 bits per heavy atom. The van der Waals surface area contributed by atoms with E-state index >= 15 is 0 Å². The van der Waals surface area contributed by atoms with Gasteiger partial charge in [0.1, 0.15) is 11.0 Å². The molecule has 1 aromatic heterocycles. The van der Waals surface area contributed by atoms with Gasteiger partial charge in [0.2, 0.25) is 11.9 Å². The summed E-state index contributed by atoms with van der Waals surface area (Å²) >= 11 is 7.62. The Kier molecular flexibility index (Phi) is 7.74. The SMILES string of the molecule is CCn1c(S[C@@H](C(=O)Nc2ccc(OC)c(Cl)c2)c2ccccc2)nnc1N1CCOCC1. The Morgan fingerprint density at radius 2 is 1.97 bits per heavy atom. The highest BCUT2D eigenvalue weighted by atomic mass is 35.5. The number of amides is 1. The van der Waals surface area contributed by atoms with Crippen molar-refractivity contribution >= 4 is 40.9 Å². The van der Waals surface area contributed by atoms with Crippen LogP contribution < -0.4 is 15.0 Å². The van der Waals surface area contributed by atoms with Crippen LogP contribution in [0.1, 0.15) is 17.7 Å². The van der Waals surface area contributed by atoms with E-state index in [0.29, 0.717) is 41.4 Å². The number of carbonyl (C=O) groups excluding carboxylic acids is 1. The Balaban J connectivity index is 1.60. The van der Waals surface area contributed by atoms with E-state index in [1.54, 1.807) is 25.3 Å². The maximum Gasteiger partial charge on any atom is 0.242 e. The van der Waals surface area contributed by atoms with Gasteiger partial charge in [0, 0.05) is 25.3 Å². The normalized spacial score (nSPS) is 14.7. The van der Waals surface area contributed by atoms with Gasteiger partial charge >= 0.3 is 0 Å². The van der Waals surface area contributed by atoms with Gasteiger partial charge in [-0.05, 0) is 30.7 Å². The predicted molar refractivity (Wildman–Crippen MR) is 130 cm³/mol. The minimum Gasteiger partial charge on any atom is -0.495 e. The smallest absolute Gasteiger partial charge is 0.242 e. The summed E-state index contributed by atoms with van der Waals surface area (Å²) in [6.45, 7) is 5.61. The third kappa shape index (κ3) is 5.43. The molecule has 8 nitrogen and oxygen atoms in total. The average molecular weight is 488 g/mol. The lowest BCUT2D eigenvalue weighted by molar-refractivity contribution is -0.115. The van der Waals surface area contributed by atoms with Crippen LogP contribution in [0.25, 0.3) is 0 Å². The summed E-state index contributed by atoms with van der Waals surface area (Å²) in [6, 6.07) is 14.8. The van der Waals surface area contributed by atoms with Gasteiger partial charge in [-0.15, -0.1) is 10.2 Å². The van der Waals surface area contributed by atoms with Gasteiger partial charge in [-0.25, -0.2) is 0 Å². The molecule has 0 spiro atoms. The molecule has 0 radical (unpaired) electrons. The molecule has 0 saturated carbocycles. The highest BCUT2D eigenvalue weighted by Gasteiger charge is 2.27. The summed E-state index contributed by atoms with van der Waals surface area (Å²) < 4.78 is 12.7. The van der Waals surface area contributed by atoms with Crippen molar-refractivity contribution in [1.82, 2.24) is 14.8 Å². The second kappa shape index (κ2) is 10.9. The zero-order valence-electron chi connectivity index (χ0n) is 18.5. The van der Waals surface area contributed by atoms with E-state index in [1.807, 2.05) is 41.8 Å². The number of morpholine rings is 1. The molecule has 1 N–H and O–H groups in total. The van der Waals surface area contributed by atoms with E-state index in [1.165, 1.54) is 11.8 Å². The summed E-state index contributed by atoms with van der Waals surface area (Å²) in [7, 11) is 1.55. The summed E-state index contributed by atoms with van der Waals surface area (Å²) in [4.78, 5) is 15.6. The van der Waals surface area contributed by atoms with Gasteiger partial charge < -0.3 is 19.7 Å². The lowest BCUT2D eigenvalue weighted by Crippen LogP contribution is -2.38. The molecule has 174 valence electrons. The first kappa shape index (κ1) is 23.4. The number of aromatic nitrogens is 3. The first-order valence-corrected chi connectivity index (χ1v) is 12.0. The number of methoxy groups -OCH3 is 1. The van der Waals surface area contributed by atoms with Crippen molar-refractivity contribution in [3.05, 3.63) is 59.1 Å². The van der Waals surface area contributed by atoms with Crippen molar-refractivity contribution in [3.8, 4) is 5.75 Å². The molecule has 0 aliphatic carbocycles. The van der Waals surface area contributed by atoms with Crippen molar-refractivity contribution in [2.45, 2.75) is 23.9 Å². The number of rotatable bonds is 8. The fourth-order valence-corrected chi connectivity index (χ4v) is 4.95. The van der Waals surface area contributed by atoms with Gasteiger partial charge in [-0.2, -0.15) is 0 Å². The number of nitrogens with one attached hydrogen (secondary N) is 1. The lowest BCUT2D eigenvalue weighted by Gasteiger charge is -2.27. The molecule has 1 fully saturated rings. The number of halogens is 1. The third-order valence-electron chi connectivity index (χ3n) is 5.29. The summed E-state index contributed by atoms with van der Waals surface area (Å²) in [5.74, 6) is 1.18. The quantitative estimate of drug-likeness (QED) is 0.475. The number of hydrogen-bond donors (Lipinski definition) is 1. The molecule has 1 aliphatic rings. The maximum absolute atomic E-state index is 13.4. The van der Waals surface area contributed by atoms with Crippen LogP contribution in [0.15, 0.2) is 53.7 Å². The number of ether oxygens (including phenoxy) is 2. The molecule has 3 aromatic rings. The molecule has 1 saturated heterocycles. The molecule has 1 aliphatic heterocycles. The zero-order valence-corrected chi connectivity index (χ0v) is 20.1. The van der Waals surface area contributed by atoms with E-state index < -0.39 is 5.25 Å². The van der Waals surface area contributed by atoms with E-state index in [2.05, 4.69) is 20.4 Å². The van der Waals surface area contributed by atoms with Gasteiger partial charge in [-0.3, -0.25) is 9.36 Å². The molecule has 0 unspecified atom stereocenters. The average Bonchev–Trinajstić information content (AvgIpc) is 3.26. The molecule has 2 aromatic carbocycles. The fraction of sp³-hybridized carbons (Fsp3) is 0.348. The molecule has 1 amide bonds. The Bertz CT molecular complexity index is 1090. The molecule has 1 atom stereocenters. The van der Waals surface area contributed by atoms with Crippen molar-refractivity contribution in [2.75, 3.05) is 43.6 Å². The first-order valence-electron chi connectivity index (χ1n) is 10.7. The Morgan fingerprint density at radius 1 is 1.21 bits per heavy atom. The van der Waals surface area contributed by atoms with E-state index in [4.69, 9.17) is 21.1 Å². The second-order valence-electron chi connectivity index (χ2n) is 7.37. The van der Waals surface area contributed by atoms with Crippen LogP contribution in [0.2, 0.25) is 5.02 Å². The number of thioether (sulfide) groups is 1. The molecule has 33 heavy (non-hydrogen) atoms. The number of hydrogen-bond acceptors (Lipinski definition) is 7. The summed E-state index contributed by atoms with van der Waals surface area (Å²) in [5.41, 5.74) is 1.47.